The second-order valence-electron chi connectivity index (χ2n) is 9.99. The van der Waals surface area contributed by atoms with Gasteiger partial charge in [0.2, 0.25) is 0 Å². The summed E-state index contributed by atoms with van der Waals surface area (Å²) in [4.78, 5) is 12.9. The van der Waals surface area contributed by atoms with Crippen LogP contribution in [0, 0.1) is 17.8 Å². The van der Waals surface area contributed by atoms with Crippen LogP contribution in [0.4, 0.5) is 0 Å². The quantitative estimate of drug-likeness (QED) is 0.263. The highest BCUT2D eigenvalue weighted by atomic mass is 35.5. The summed E-state index contributed by atoms with van der Waals surface area (Å²) in [6, 6.07) is 3.23. The van der Waals surface area contributed by atoms with Gasteiger partial charge in [-0.05, 0) is 45.2 Å². The van der Waals surface area contributed by atoms with Crippen molar-refractivity contribution < 1.29 is 14.3 Å². The van der Waals surface area contributed by atoms with Gasteiger partial charge in [-0.3, -0.25) is 4.79 Å². The van der Waals surface area contributed by atoms with Gasteiger partial charge in [0.1, 0.15) is 11.7 Å². The molecule has 0 amide bonds. The van der Waals surface area contributed by atoms with Crippen molar-refractivity contribution in [3.8, 4) is 5.69 Å². The Labute approximate surface area is 212 Å². The third-order valence-electron chi connectivity index (χ3n) is 8.05. The molecule has 0 radical (unpaired) electrons. The number of fused-ring (bicyclic) bond motifs is 5. The van der Waals surface area contributed by atoms with Crippen molar-refractivity contribution in [2.24, 2.45) is 17.8 Å². The number of halogens is 3. The largest absolute Gasteiger partial charge is 0.461 e. The van der Waals surface area contributed by atoms with Crippen LogP contribution in [0.2, 0.25) is 15.1 Å². The van der Waals surface area contributed by atoms with Gasteiger partial charge in [0.15, 0.2) is 0 Å². The van der Waals surface area contributed by atoms with Gasteiger partial charge in [0, 0.05) is 24.9 Å². The molecule has 0 spiro atoms. The van der Waals surface area contributed by atoms with Crippen LogP contribution >= 0.6 is 34.8 Å². The number of hydrogen-bond donors (Lipinski definition) is 1. The molecular formula is C24H25Cl3N4O3. The summed E-state index contributed by atoms with van der Waals surface area (Å²) in [6.07, 6.45) is 4.92. The van der Waals surface area contributed by atoms with E-state index < -0.39 is 0 Å². The highest BCUT2D eigenvalue weighted by Crippen LogP contribution is 2.62. The van der Waals surface area contributed by atoms with E-state index in [-0.39, 0.29) is 41.5 Å². The van der Waals surface area contributed by atoms with E-state index in [1.807, 2.05) is 0 Å². The van der Waals surface area contributed by atoms with E-state index in [0.717, 1.165) is 25.0 Å². The fraction of sp³-hybridized carbons (Fsp3) is 0.542. The van der Waals surface area contributed by atoms with Gasteiger partial charge in [-0.1, -0.05) is 51.2 Å². The highest BCUT2D eigenvalue weighted by molar-refractivity contribution is 6.43. The third kappa shape index (κ3) is 3.59. The molecule has 34 heavy (non-hydrogen) atoms. The van der Waals surface area contributed by atoms with Crippen LogP contribution < -0.4 is 5.32 Å². The summed E-state index contributed by atoms with van der Waals surface area (Å²) >= 11 is 18.4. The Morgan fingerprint density at radius 2 is 2.03 bits per heavy atom. The Bertz CT molecular complexity index is 1210. The number of rotatable bonds is 5. The number of ether oxygens (including phenoxy) is 2. The van der Waals surface area contributed by atoms with E-state index in [4.69, 9.17) is 44.3 Å². The summed E-state index contributed by atoms with van der Waals surface area (Å²) < 4.78 is 13.6. The van der Waals surface area contributed by atoms with Crippen molar-refractivity contribution >= 4 is 40.8 Å². The monoisotopic (exact) mass is 522 g/mol. The third-order valence-corrected chi connectivity index (χ3v) is 9.07. The molecule has 0 bridgehead atoms. The van der Waals surface area contributed by atoms with Gasteiger partial charge >= 0.3 is 5.97 Å². The van der Waals surface area contributed by atoms with Crippen molar-refractivity contribution in [1.82, 2.24) is 20.3 Å². The Kier molecular flexibility index (Phi) is 5.50. The summed E-state index contributed by atoms with van der Waals surface area (Å²) in [5.74, 6) is 0.0798. The van der Waals surface area contributed by atoms with Gasteiger partial charge in [-0.2, -0.15) is 0 Å². The molecule has 4 aliphatic rings. The molecule has 2 saturated heterocycles. The van der Waals surface area contributed by atoms with E-state index >= 15 is 0 Å². The zero-order valence-electron chi connectivity index (χ0n) is 18.9. The topological polar surface area (TPSA) is 81.6 Å². The van der Waals surface area contributed by atoms with Gasteiger partial charge in [-0.15, -0.1) is 5.10 Å². The van der Waals surface area contributed by atoms with Crippen molar-refractivity contribution in [1.29, 1.82) is 0 Å². The maximum atomic E-state index is 12.9. The number of hydrogen-bond acceptors (Lipinski definition) is 6. The molecule has 1 aromatic carbocycles. The number of carbonyl (C=O) groups is 1. The number of allylic oxidation sites excluding steroid dienone is 1. The Morgan fingerprint density at radius 3 is 2.85 bits per heavy atom. The predicted octanol–water partition coefficient (Wildman–Crippen LogP) is 4.76. The predicted molar refractivity (Wildman–Crippen MR) is 128 cm³/mol. The molecular weight excluding hydrogens is 499 g/mol. The average Bonchev–Trinajstić information content (AvgIpc) is 3.08. The Balaban J connectivity index is 1.13. The van der Waals surface area contributed by atoms with E-state index in [1.165, 1.54) is 11.1 Å². The van der Waals surface area contributed by atoms with Gasteiger partial charge in [-0.25, -0.2) is 4.68 Å². The summed E-state index contributed by atoms with van der Waals surface area (Å²) in [7, 11) is 0. The van der Waals surface area contributed by atoms with Crippen LogP contribution in [0.5, 0.6) is 0 Å². The number of nitrogens with one attached hydrogen (secondary N) is 1. The molecule has 7 nitrogen and oxygen atoms in total. The lowest BCUT2D eigenvalue weighted by atomic mass is 9.78. The summed E-state index contributed by atoms with van der Waals surface area (Å²) in [6.45, 7) is 5.40. The first-order chi connectivity index (χ1) is 16.3. The van der Waals surface area contributed by atoms with Crippen LogP contribution in [0.25, 0.3) is 5.69 Å². The lowest BCUT2D eigenvalue weighted by Gasteiger charge is -2.28. The van der Waals surface area contributed by atoms with Crippen molar-refractivity contribution in [2.45, 2.75) is 57.5 Å². The van der Waals surface area contributed by atoms with E-state index in [1.54, 1.807) is 23.0 Å². The number of esters is 1. The highest BCUT2D eigenvalue weighted by Gasteiger charge is 2.69. The molecule has 6 rings (SSSR count). The minimum Gasteiger partial charge on any atom is -0.461 e. The number of epoxide rings is 1. The van der Waals surface area contributed by atoms with Crippen LogP contribution in [-0.2, 0) is 20.8 Å². The SMILES string of the molecule is CC1=C2C[C@H]3O[C@@]3(C)[C@@H]2[C@H]2OC(=O)[C@@H](CNCc3cn(-c4cc(Cl)c(Cl)cc4Cl)nn3)[C@@H]2CC1. The number of nitrogens with zero attached hydrogens (tertiary/aromatic N) is 3. The molecule has 0 unspecified atom stereocenters. The second-order valence-corrected chi connectivity index (χ2v) is 11.2. The normalized spacial score (nSPS) is 33.9. The molecule has 3 heterocycles. The first-order valence-corrected chi connectivity index (χ1v) is 12.7. The fourth-order valence-electron chi connectivity index (χ4n) is 6.14. The summed E-state index contributed by atoms with van der Waals surface area (Å²) in [5.41, 5.74) is 4.07. The Morgan fingerprint density at radius 1 is 1.24 bits per heavy atom. The second kappa shape index (κ2) is 8.20. The smallest absolute Gasteiger partial charge is 0.310 e. The van der Waals surface area contributed by atoms with E-state index in [9.17, 15) is 4.79 Å². The molecule has 1 saturated carbocycles. The van der Waals surface area contributed by atoms with Gasteiger partial charge in [0.05, 0.1) is 44.7 Å². The molecule has 2 aliphatic carbocycles. The zero-order chi connectivity index (χ0) is 23.8. The lowest BCUT2D eigenvalue weighted by Crippen LogP contribution is -2.37. The summed E-state index contributed by atoms with van der Waals surface area (Å²) in [5, 5.41) is 13.0. The van der Waals surface area contributed by atoms with Crippen LogP contribution in [-0.4, -0.2) is 45.3 Å². The van der Waals surface area contributed by atoms with Crippen molar-refractivity contribution in [2.75, 3.05) is 6.54 Å². The number of aromatic nitrogens is 3. The first kappa shape index (κ1) is 22.8. The molecule has 10 heteroatoms. The molecule has 180 valence electrons. The van der Waals surface area contributed by atoms with Crippen LogP contribution in [0.1, 0.15) is 38.8 Å². The number of carbonyl (C=O) groups excluding carboxylic acids is 1. The van der Waals surface area contributed by atoms with E-state index in [2.05, 4.69) is 29.5 Å². The Hall–Kier alpha value is -1.64. The van der Waals surface area contributed by atoms with Crippen LogP contribution in [0.3, 0.4) is 0 Å². The molecule has 2 aromatic rings. The fourth-order valence-corrected chi connectivity index (χ4v) is 6.77. The van der Waals surface area contributed by atoms with Crippen molar-refractivity contribution in [3.63, 3.8) is 0 Å². The maximum Gasteiger partial charge on any atom is 0.310 e. The molecule has 2 aliphatic heterocycles. The molecule has 1 N–H and O–H groups in total. The van der Waals surface area contributed by atoms with Gasteiger partial charge < -0.3 is 14.8 Å². The standard InChI is InChI=1S/C24H25Cl3N4O3/c1-11-3-4-13-15(23(32)33-22(13)21-14(11)5-20-24(21,2)34-20)9-28-8-12-10-31(30-29-12)19-7-17(26)16(25)6-18(19)27/h6-7,10,13,15,20-22,28H,3-5,8-9H2,1-2H3/t13-,15-,20+,21-,22-,24+/m0/s1. The van der Waals surface area contributed by atoms with Gasteiger partial charge in [0.25, 0.3) is 0 Å². The molecule has 6 atom stereocenters. The molecule has 3 fully saturated rings. The lowest BCUT2D eigenvalue weighted by molar-refractivity contribution is -0.146. The zero-order valence-corrected chi connectivity index (χ0v) is 21.1. The van der Waals surface area contributed by atoms with Crippen LogP contribution in [0.15, 0.2) is 29.5 Å². The number of benzene rings is 1. The van der Waals surface area contributed by atoms with E-state index in [0.29, 0.717) is 33.8 Å². The average molecular weight is 524 g/mol. The van der Waals surface area contributed by atoms with Crippen molar-refractivity contribution in [3.05, 3.63) is 50.2 Å². The minimum atomic E-state index is -0.182. The first-order valence-electron chi connectivity index (χ1n) is 11.6. The molecule has 1 aromatic heterocycles. The maximum absolute atomic E-state index is 12.9. The minimum absolute atomic E-state index is 0.0954.